The topological polar surface area (TPSA) is 74.2 Å². The van der Waals surface area contributed by atoms with Crippen LogP contribution in [0.15, 0.2) is 112 Å². The summed E-state index contributed by atoms with van der Waals surface area (Å²) < 4.78 is 23.5. The van der Waals surface area contributed by atoms with Crippen LogP contribution in [0.4, 0.5) is 0 Å². The number of phenols is 1. The molecule has 0 saturated carbocycles. The fraction of sp³-hybridized carbons (Fsp3) is 0.194. The Kier molecular flexibility index (Phi) is 8.81. The predicted molar refractivity (Wildman–Crippen MR) is 149 cm³/mol. The number of para-hydroxylation sites is 1. The Morgan fingerprint density at radius 2 is 0.974 bits per heavy atom. The third-order valence-corrected chi connectivity index (χ3v) is 8.93. The fourth-order valence-corrected chi connectivity index (χ4v) is 7.02. The first-order valence-electron chi connectivity index (χ1n) is 12.6. The van der Waals surface area contributed by atoms with Crippen LogP contribution in [-0.4, -0.2) is 30.9 Å². The van der Waals surface area contributed by atoms with Crippen LogP contribution < -0.4 is 14.2 Å². The minimum atomic E-state index is -2.62. The van der Waals surface area contributed by atoms with Gasteiger partial charge in [0, 0.05) is 14.7 Å². The largest absolute Gasteiger partial charge is 0.507 e. The van der Waals surface area contributed by atoms with Gasteiger partial charge in [-0.25, -0.2) is 4.79 Å². The summed E-state index contributed by atoms with van der Waals surface area (Å²) in [6, 6.07) is 29.1. The maximum Gasteiger partial charge on any atom is 0.353 e. The van der Waals surface area contributed by atoms with Gasteiger partial charge < -0.3 is 23.5 Å². The quantitative estimate of drug-likeness (QED) is 0.214. The molecular formula is C31H32O6S. The van der Waals surface area contributed by atoms with E-state index in [-0.39, 0.29) is 11.3 Å². The molecule has 0 fully saturated rings. The van der Waals surface area contributed by atoms with Crippen molar-refractivity contribution in [1.82, 2.24) is 0 Å². The molecule has 0 bridgehead atoms. The van der Waals surface area contributed by atoms with Gasteiger partial charge >= 0.3 is 5.97 Å². The van der Waals surface area contributed by atoms with E-state index in [4.69, 9.17) is 18.4 Å². The van der Waals surface area contributed by atoms with E-state index >= 15 is 0 Å². The average Bonchev–Trinajstić information content (AvgIpc) is 2.94. The molecule has 0 atom stereocenters. The van der Waals surface area contributed by atoms with Crippen molar-refractivity contribution >= 4 is 16.3 Å². The predicted octanol–water partition coefficient (Wildman–Crippen LogP) is 7.64. The van der Waals surface area contributed by atoms with E-state index in [9.17, 15) is 9.90 Å². The molecule has 38 heavy (non-hydrogen) atoms. The van der Waals surface area contributed by atoms with E-state index < -0.39 is 16.3 Å². The summed E-state index contributed by atoms with van der Waals surface area (Å²) >= 11 is 0. The van der Waals surface area contributed by atoms with Gasteiger partial charge in [0.15, 0.2) is 0 Å². The van der Waals surface area contributed by atoms with Crippen LogP contribution in [0, 0.1) is 0 Å². The Morgan fingerprint density at radius 3 is 1.32 bits per heavy atom. The van der Waals surface area contributed by atoms with Crippen LogP contribution in [0.25, 0.3) is 0 Å². The molecule has 0 aliphatic carbocycles. The molecule has 0 unspecified atom stereocenters. The molecule has 0 aromatic heterocycles. The van der Waals surface area contributed by atoms with Gasteiger partial charge in [-0.05, 0) is 116 Å². The van der Waals surface area contributed by atoms with Gasteiger partial charge in [0.25, 0.3) is 0 Å². The fourth-order valence-electron chi connectivity index (χ4n) is 4.04. The molecule has 4 aromatic rings. The van der Waals surface area contributed by atoms with Crippen LogP contribution in [0.3, 0.4) is 0 Å². The number of ether oxygens (including phenoxy) is 3. The molecular weight excluding hydrogens is 500 g/mol. The first-order valence-corrected chi connectivity index (χ1v) is 14.1. The molecule has 1 N–H and O–H groups in total. The van der Waals surface area contributed by atoms with Crippen LogP contribution in [0.5, 0.6) is 23.0 Å². The Hall–Kier alpha value is -4.10. The van der Waals surface area contributed by atoms with E-state index in [1.54, 1.807) is 18.2 Å². The molecule has 0 aliphatic heterocycles. The normalized spacial score (nSPS) is 11.4. The number of aromatic hydroxyl groups is 1. The number of rotatable bonds is 11. The summed E-state index contributed by atoms with van der Waals surface area (Å²) in [7, 11) is -2.62. The van der Waals surface area contributed by atoms with Crippen molar-refractivity contribution in [2.45, 2.75) is 35.5 Å². The Morgan fingerprint density at radius 1 is 0.605 bits per heavy atom. The number of benzene rings is 4. The van der Waals surface area contributed by atoms with Gasteiger partial charge in [-0.1, -0.05) is 12.1 Å². The lowest BCUT2D eigenvalue weighted by atomic mass is 10.2. The van der Waals surface area contributed by atoms with E-state index in [2.05, 4.69) is 0 Å². The molecule has 4 aromatic carbocycles. The maximum atomic E-state index is 13.7. The van der Waals surface area contributed by atoms with E-state index in [0.717, 1.165) is 31.9 Å². The summed E-state index contributed by atoms with van der Waals surface area (Å²) in [5, 5.41) is 10.4. The first kappa shape index (κ1) is 26.9. The zero-order valence-corrected chi connectivity index (χ0v) is 22.6. The zero-order chi connectivity index (χ0) is 27.0. The van der Waals surface area contributed by atoms with E-state index in [1.165, 1.54) is 6.07 Å². The molecule has 0 amide bonds. The first-order chi connectivity index (χ1) is 18.5. The Labute approximate surface area is 225 Å². The molecule has 0 spiro atoms. The number of hydrogen-bond donors (Lipinski definition) is 1. The number of carbonyl (C=O) groups is 1. The summed E-state index contributed by atoms with van der Waals surface area (Å²) in [4.78, 5) is 16.0. The van der Waals surface area contributed by atoms with E-state index in [1.807, 2.05) is 93.6 Å². The van der Waals surface area contributed by atoms with Crippen molar-refractivity contribution in [1.29, 1.82) is 0 Å². The zero-order valence-electron chi connectivity index (χ0n) is 21.8. The summed E-state index contributed by atoms with van der Waals surface area (Å²) in [6.45, 7) is 7.40. The maximum absolute atomic E-state index is 13.7. The highest BCUT2D eigenvalue weighted by atomic mass is 32.3. The SMILES string of the molecule is CCOc1ccc(S(OC(=O)c2ccccc2O)(c2ccc(OCC)cc2)c2ccc(OCC)cc2)cc1. The molecule has 6 nitrogen and oxygen atoms in total. The third kappa shape index (κ3) is 5.73. The number of phenolic OH excluding ortho intramolecular Hbond substituents is 1. The molecule has 198 valence electrons. The van der Waals surface area contributed by atoms with Crippen molar-refractivity contribution in [3.8, 4) is 23.0 Å². The summed E-state index contributed by atoms with van der Waals surface area (Å²) in [6.07, 6.45) is 0. The second-order valence-corrected chi connectivity index (χ2v) is 10.9. The monoisotopic (exact) mass is 532 g/mol. The van der Waals surface area contributed by atoms with Crippen molar-refractivity contribution in [3.05, 3.63) is 103 Å². The van der Waals surface area contributed by atoms with Gasteiger partial charge in [-0.15, -0.1) is 0 Å². The van der Waals surface area contributed by atoms with Gasteiger partial charge in [0.1, 0.15) is 28.6 Å². The lowest BCUT2D eigenvalue weighted by molar-refractivity contribution is 0.0754. The molecule has 4 rings (SSSR count). The van der Waals surface area contributed by atoms with Gasteiger partial charge in [-0.3, -0.25) is 0 Å². The van der Waals surface area contributed by atoms with Crippen molar-refractivity contribution in [3.63, 3.8) is 0 Å². The Bertz CT molecular complexity index is 1210. The van der Waals surface area contributed by atoms with E-state index in [0.29, 0.717) is 19.8 Å². The van der Waals surface area contributed by atoms with Gasteiger partial charge in [-0.2, -0.15) is 0 Å². The van der Waals surface area contributed by atoms with Crippen molar-refractivity contribution < 1.29 is 28.3 Å². The molecule has 0 saturated heterocycles. The Balaban J connectivity index is 1.94. The van der Waals surface area contributed by atoms with Crippen LogP contribution in [0.2, 0.25) is 0 Å². The van der Waals surface area contributed by atoms with Crippen LogP contribution in [-0.2, 0) is 4.18 Å². The van der Waals surface area contributed by atoms with Gasteiger partial charge in [0.2, 0.25) is 0 Å². The third-order valence-electron chi connectivity index (χ3n) is 5.72. The van der Waals surface area contributed by atoms with Crippen LogP contribution in [0.1, 0.15) is 31.1 Å². The summed E-state index contributed by atoms with van der Waals surface area (Å²) in [5.41, 5.74) is 0.0900. The van der Waals surface area contributed by atoms with Crippen molar-refractivity contribution in [2.24, 2.45) is 0 Å². The standard InChI is InChI=1S/C31H32O6S/c1-4-34-23-11-17-26(18-12-23)38(27-19-13-24(14-20-27)35-5-2,28-21-15-25(16-22-28)36-6-3)37-31(33)29-9-7-8-10-30(29)32/h7-22,32H,4-6H2,1-3H3. The van der Waals surface area contributed by atoms with Crippen molar-refractivity contribution in [2.75, 3.05) is 19.8 Å². The highest BCUT2D eigenvalue weighted by Crippen LogP contribution is 2.69. The lowest BCUT2D eigenvalue weighted by Gasteiger charge is -2.40. The highest BCUT2D eigenvalue weighted by molar-refractivity contribution is 8.30. The van der Waals surface area contributed by atoms with Gasteiger partial charge in [0.05, 0.1) is 19.8 Å². The molecule has 0 heterocycles. The second kappa shape index (κ2) is 12.4. The minimum Gasteiger partial charge on any atom is -0.507 e. The molecule has 0 radical (unpaired) electrons. The van der Waals surface area contributed by atoms with Crippen LogP contribution >= 0.6 is 10.3 Å². The molecule has 0 aliphatic rings. The summed E-state index contributed by atoms with van der Waals surface area (Å²) in [5.74, 6) is 1.38. The smallest absolute Gasteiger partial charge is 0.353 e. The minimum absolute atomic E-state index is 0.0900. The molecule has 7 heteroatoms. The second-order valence-electron chi connectivity index (χ2n) is 8.16. The highest BCUT2D eigenvalue weighted by Gasteiger charge is 2.37. The number of hydrogen-bond acceptors (Lipinski definition) is 6. The lowest BCUT2D eigenvalue weighted by Crippen LogP contribution is -2.14. The number of carbonyl (C=O) groups excluding carboxylic acids is 1. The average molecular weight is 533 g/mol.